The molecule has 3 aromatic carbocycles. The van der Waals surface area contributed by atoms with Crippen molar-refractivity contribution in [2.45, 2.75) is 6.92 Å². The molecule has 0 aliphatic carbocycles. The Labute approximate surface area is 151 Å². The van der Waals surface area contributed by atoms with Gasteiger partial charge in [0.15, 0.2) is 0 Å². The van der Waals surface area contributed by atoms with Gasteiger partial charge in [0.1, 0.15) is 12.0 Å². The lowest BCUT2D eigenvalue weighted by molar-refractivity contribution is 1.11. The first-order chi connectivity index (χ1) is 12.8. The Hall–Kier alpha value is -3.46. The number of aryl methyl sites for hydroxylation is 1. The molecule has 0 aliphatic rings. The van der Waals surface area contributed by atoms with E-state index in [2.05, 4.69) is 94.3 Å². The van der Waals surface area contributed by atoms with Crippen molar-refractivity contribution in [1.29, 1.82) is 0 Å². The first kappa shape index (κ1) is 14.8. The van der Waals surface area contributed by atoms with Crippen molar-refractivity contribution in [1.82, 2.24) is 14.5 Å². The number of aromatic nitrogens is 3. The third-order valence-electron chi connectivity index (χ3n) is 4.92. The quantitative estimate of drug-likeness (QED) is 0.423. The van der Waals surface area contributed by atoms with E-state index in [1.807, 2.05) is 6.20 Å². The van der Waals surface area contributed by atoms with Gasteiger partial charge in [-0.15, -0.1) is 0 Å². The maximum Gasteiger partial charge on any atom is 0.148 e. The van der Waals surface area contributed by atoms with Crippen molar-refractivity contribution in [3.8, 4) is 16.8 Å². The van der Waals surface area contributed by atoms with Crippen LogP contribution in [0.15, 0.2) is 85.3 Å². The number of hydrogen-bond acceptors (Lipinski definition) is 2. The predicted octanol–water partition coefficient (Wildman–Crippen LogP) is 5.55. The molecule has 0 atom stereocenters. The summed E-state index contributed by atoms with van der Waals surface area (Å²) in [5, 5.41) is 2.25. The lowest BCUT2D eigenvalue weighted by Gasteiger charge is -2.10. The summed E-state index contributed by atoms with van der Waals surface area (Å²) in [7, 11) is 0. The molecule has 26 heavy (non-hydrogen) atoms. The summed E-state index contributed by atoms with van der Waals surface area (Å²) in [6.45, 7) is 2.15. The van der Waals surface area contributed by atoms with Gasteiger partial charge in [0.25, 0.3) is 0 Å². The van der Waals surface area contributed by atoms with E-state index in [9.17, 15) is 0 Å². The molecule has 3 nitrogen and oxygen atoms in total. The van der Waals surface area contributed by atoms with E-state index < -0.39 is 0 Å². The Balaban J connectivity index is 1.72. The minimum atomic E-state index is 0.935. The van der Waals surface area contributed by atoms with E-state index in [0.717, 1.165) is 22.2 Å². The van der Waals surface area contributed by atoms with Gasteiger partial charge in [0.05, 0.1) is 5.52 Å². The molecule has 3 heteroatoms. The average molecular weight is 335 g/mol. The van der Waals surface area contributed by atoms with E-state index in [1.54, 1.807) is 6.33 Å². The van der Waals surface area contributed by atoms with Gasteiger partial charge in [-0.2, -0.15) is 0 Å². The molecule has 2 heterocycles. The van der Waals surface area contributed by atoms with E-state index >= 15 is 0 Å². The van der Waals surface area contributed by atoms with Crippen molar-refractivity contribution in [3.63, 3.8) is 0 Å². The number of hydrogen-bond donors (Lipinski definition) is 0. The zero-order valence-electron chi connectivity index (χ0n) is 14.4. The standard InChI is InChI=1S/C23H17N3/c1-16-6-2-3-7-19(16)17-10-12-18(13-11-17)26-22-9-5-4-8-20(22)21-14-24-15-25-23(21)26/h2-15H,1H3. The second kappa shape index (κ2) is 5.81. The van der Waals surface area contributed by atoms with Gasteiger partial charge in [0, 0.05) is 22.7 Å². The molecule has 5 rings (SSSR count). The molecular weight excluding hydrogens is 318 g/mol. The fraction of sp³-hybridized carbons (Fsp3) is 0.0435. The van der Waals surface area contributed by atoms with E-state index in [-0.39, 0.29) is 0 Å². The molecule has 0 saturated heterocycles. The van der Waals surface area contributed by atoms with Crippen LogP contribution in [0.5, 0.6) is 0 Å². The maximum absolute atomic E-state index is 4.54. The topological polar surface area (TPSA) is 30.7 Å². The third kappa shape index (κ3) is 2.21. The van der Waals surface area contributed by atoms with Gasteiger partial charge in [-0.1, -0.05) is 54.6 Å². The van der Waals surface area contributed by atoms with Gasteiger partial charge in [-0.25, -0.2) is 9.97 Å². The SMILES string of the molecule is Cc1ccccc1-c1ccc(-n2c3ccccc3c3cncnc32)cc1. The van der Waals surface area contributed by atoms with Crippen LogP contribution >= 0.6 is 0 Å². The second-order valence-electron chi connectivity index (χ2n) is 6.47. The molecule has 0 fully saturated rings. The van der Waals surface area contributed by atoms with Crippen LogP contribution in [0.4, 0.5) is 0 Å². The first-order valence-electron chi connectivity index (χ1n) is 8.68. The van der Waals surface area contributed by atoms with Crippen LogP contribution in [0.3, 0.4) is 0 Å². The van der Waals surface area contributed by atoms with Crippen molar-refractivity contribution in [3.05, 3.63) is 90.9 Å². The number of fused-ring (bicyclic) bond motifs is 3. The molecule has 5 aromatic rings. The summed E-state index contributed by atoms with van der Waals surface area (Å²) in [4.78, 5) is 8.75. The second-order valence-corrected chi connectivity index (χ2v) is 6.47. The molecule has 0 unspecified atom stereocenters. The summed E-state index contributed by atoms with van der Waals surface area (Å²) in [6, 6.07) is 25.5. The lowest BCUT2D eigenvalue weighted by atomic mass is 10.0. The van der Waals surface area contributed by atoms with E-state index in [0.29, 0.717) is 0 Å². The van der Waals surface area contributed by atoms with Crippen LogP contribution in [0, 0.1) is 6.92 Å². The van der Waals surface area contributed by atoms with Crippen molar-refractivity contribution in [2.24, 2.45) is 0 Å². The molecule has 0 spiro atoms. The molecule has 0 bridgehead atoms. The maximum atomic E-state index is 4.54. The Bertz CT molecular complexity index is 1180. The molecule has 0 radical (unpaired) electrons. The fourth-order valence-electron chi connectivity index (χ4n) is 3.65. The minimum absolute atomic E-state index is 0.935. The highest BCUT2D eigenvalue weighted by Crippen LogP contribution is 2.31. The number of para-hydroxylation sites is 1. The fourth-order valence-corrected chi connectivity index (χ4v) is 3.65. The van der Waals surface area contributed by atoms with Crippen LogP contribution in [0.1, 0.15) is 5.56 Å². The Kier molecular flexibility index (Phi) is 3.32. The summed E-state index contributed by atoms with van der Waals surface area (Å²) in [6.07, 6.45) is 3.50. The Morgan fingerprint density at radius 2 is 1.54 bits per heavy atom. The van der Waals surface area contributed by atoms with E-state index in [1.165, 1.54) is 22.1 Å². The van der Waals surface area contributed by atoms with Crippen LogP contribution < -0.4 is 0 Å². The zero-order valence-corrected chi connectivity index (χ0v) is 14.4. The number of rotatable bonds is 2. The van der Waals surface area contributed by atoms with Crippen LogP contribution in [-0.4, -0.2) is 14.5 Å². The Morgan fingerprint density at radius 1 is 0.769 bits per heavy atom. The number of nitrogens with zero attached hydrogens (tertiary/aromatic N) is 3. The normalized spacial score (nSPS) is 11.3. The highest BCUT2D eigenvalue weighted by molar-refractivity contribution is 6.07. The third-order valence-corrected chi connectivity index (χ3v) is 4.92. The lowest BCUT2D eigenvalue weighted by Crippen LogP contribution is -1.95. The van der Waals surface area contributed by atoms with Gasteiger partial charge in [0.2, 0.25) is 0 Å². The van der Waals surface area contributed by atoms with E-state index in [4.69, 9.17) is 0 Å². The first-order valence-corrected chi connectivity index (χ1v) is 8.68. The van der Waals surface area contributed by atoms with Crippen molar-refractivity contribution >= 4 is 21.9 Å². The van der Waals surface area contributed by atoms with Gasteiger partial charge >= 0.3 is 0 Å². The molecule has 0 amide bonds. The molecule has 0 saturated carbocycles. The van der Waals surface area contributed by atoms with Crippen LogP contribution in [0.2, 0.25) is 0 Å². The number of benzene rings is 3. The molecule has 124 valence electrons. The monoisotopic (exact) mass is 335 g/mol. The summed E-state index contributed by atoms with van der Waals surface area (Å²) >= 11 is 0. The average Bonchev–Trinajstić information content (AvgIpc) is 3.03. The van der Waals surface area contributed by atoms with Gasteiger partial charge in [-0.3, -0.25) is 4.57 Å². The van der Waals surface area contributed by atoms with Crippen LogP contribution in [-0.2, 0) is 0 Å². The molecule has 0 N–H and O–H groups in total. The summed E-state index contributed by atoms with van der Waals surface area (Å²) < 4.78 is 2.20. The largest absolute Gasteiger partial charge is 0.294 e. The molecular formula is C23H17N3. The van der Waals surface area contributed by atoms with Crippen LogP contribution in [0.25, 0.3) is 38.8 Å². The highest BCUT2D eigenvalue weighted by atomic mass is 15.1. The Morgan fingerprint density at radius 3 is 2.38 bits per heavy atom. The zero-order chi connectivity index (χ0) is 17.5. The van der Waals surface area contributed by atoms with Gasteiger partial charge < -0.3 is 0 Å². The highest BCUT2D eigenvalue weighted by Gasteiger charge is 2.13. The molecule has 2 aromatic heterocycles. The molecule has 0 aliphatic heterocycles. The van der Waals surface area contributed by atoms with Gasteiger partial charge in [-0.05, 0) is 41.8 Å². The van der Waals surface area contributed by atoms with Crippen molar-refractivity contribution < 1.29 is 0 Å². The summed E-state index contributed by atoms with van der Waals surface area (Å²) in [5.41, 5.74) is 6.96. The smallest absolute Gasteiger partial charge is 0.148 e. The predicted molar refractivity (Wildman–Crippen MR) is 107 cm³/mol. The summed E-state index contributed by atoms with van der Waals surface area (Å²) in [5.74, 6) is 0. The van der Waals surface area contributed by atoms with Crippen molar-refractivity contribution in [2.75, 3.05) is 0 Å². The minimum Gasteiger partial charge on any atom is -0.294 e.